The van der Waals surface area contributed by atoms with Crippen LogP contribution in [0, 0.1) is 0 Å². The first-order valence-electron chi connectivity index (χ1n) is 4.53. The number of aliphatic hydroxyl groups is 1. The lowest BCUT2D eigenvalue weighted by Crippen LogP contribution is -2.31. The molecule has 1 aliphatic carbocycles. The maximum absolute atomic E-state index is 10.2. The molecule has 0 aromatic carbocycles. The van der Waals surface area contributed by atoms with E-state index in [2.05, 4.69) is 13.2 Å². The highest BCUT2D eigenvalue weighted by molar-refractivity contribution is 5.30. The molecule has 0 fully saturated rings. The van der Waals surface area contributed by atoms with Crippen LogP contribution in [-0.2, 0) is 0 Å². The summed E-state index contributed by atoms with van der Waals surface area (Å²) < 4.78 is 0. The smallest absolute Gasteiger partial charge is 0.0931 e. The second-order valence-electron chi connectivity index (χ2n) is 3.34. The highest BCUT2D eigenvalue weighted by atomic mass is 16.3. The Morgan fingerprint density at radius 2 is 2.23 bits per heavy atom. The summed E-state index contributed by atoms with van der Waals surface area (Å²) in [5, 5.41) is 10.2. The lowest BCUT2D eigenvalue weighted by atomic mass is 9.82. The molecule has 1 unspecified atom stereocenters. The Labute approximate surface area is 79.8 Å². The van der Waals surface area contributed by atoms with Gasteiger partial charge in [0.2, 0.25) is 0 Å². The van der Waals surface area contributed by atoms with Gasteiger partial charge in [-0.25, -0.2) is 0 Å². The van der Waals surface area contributed by atoms with E-state index in [-0.39, 0.29) is 0 Å². The fraction of sp³-hybridized carbons (Fsp3) is 0.333. The van der Waals surface area contributed by atoms with Crippen LogP contribution in [0.25, 0.3) is 0 Å². The molecule has 0 radical (unpaired) electrons. The average Bonchev–Trinajstić information content (AvgIpc) is 2.10. The topological polar surface area (TPSA) is 20.2 Å². The number of allylic oxidation sites excluding steroid dienone is 3. The first-order valence-corrected chi connectivity index (χ1v) is 4.53. The molecular formula is C12H16O. The number of rotatable bonds is 4. The second kappa shape index (κ2) is 4.24. The summed E-state index contributed by atoms with van der Waals surface area (Å²) in [5.41, 5.74) is 0.315. The van der Waals surface area contributed by atoms with Gasteiger partial charge in [0.1, 0.15) is 0 Å². The zero-order valence-corrected chi connectivity index (χ0v) is 7.87. The van der Waals surface area contributed by atoms with Crippen molar-refractivity contribution in [2.24, 2.45) is 0 Å². The van der Waals surface area contributed by atoms with Crippen LogP contribution in [-0.4, -0.2) is 10.7 Å². The van der Waals surface area contributed by atoms with E-state index in [1.165, 1.54) is 0 Å². The monoisotopic (exact) mass is 176 g/mol. The largest absolute Gasteiger partial charge is 0.385 e. The van der Waals surface area contributed by atoms with Crippen molar-refractivity contribution in [3.05, 3.63) is 49.1 Å². The van der Waals surface area contributed by atoms with Crippen molar-refractivity contribution in [2.75, 3.05) is 0 Å². The van der Waals surface area contributed by atoms with Gasteiger partial charge in [0.05, 0.1) is 5.60 Å². The summed E-state index contributed by atoms with van der Waals surface area (Å²) in [4.78, 5) is 0. The number of hydrogen-bond donors (Lipinski definition) is 1. The average molecular weight is 176 g/mol. The molecule has 0 aliphatic heterocycles. The van der Waals surface area contributed by atoms with Crippen LogP contribution in [0.2, 0.25) is 0 Å². The first-order chi connectivity index (χ1) is 6.23. The van der Waals surface area contributed by atoms with Gasteiger partial charge in [0.15, 0.2) is 0 Å². The quantitative estimate of drug-likeness (QED) is 0.653. The molecule has 70 valence electrons. The molecule has 0 bridgehead atoms. The van der Waals surface area contributed by atoms with Crippen molar-refractivity contribution >= 4 is 0 Å². The van der Waals surface area contributed by atoms with Gasteiger partial charge >= 0.3 is 0 Å². The molecule has 1 N–H and O–H groups in total. The molecule has 0 spiro atoms. The Kier molecular flexibility index (Phi) is 3.26. The van der Waals surface area contributed by atoms with Crippen LogP contribution in [0.4, 0.5) is 0 Å². The molecular weight excluding hydrogens is 160 g/mol. The molecule has 0 aromatic rings. The van der Waals surface area contributed by atoms with Gasteiger partial charge in [-0.1, -0.05) is 30.4 Å². The van der Waals surface area contributed by atoms with E-state index in [9.17, 15) is 5.11 Å². The molecule has 1 atom stereocenters. The van der Waals surface area contributed by atoms with E-state index >= 15 is 0 Å². The summed E-state index contributed by atoms with van der Waals surface area (Å²) in [7, 11) is 0. The van der Waals surface area contributed by atoms with Gasteiger partial charge in [-0.15, -0.1) is 13.2 Å². The standard InChI is InChI=1S/C12H16O/c1-3-7-11-8-5-6-10-12(11,13)9-4-2/h3-6,8,13H,1-2,7,9-10H2. The highest BCUT2D eigenvalue weighted by Crippen LogP contribution is 2.31. The zero-order valence-electron chi connectivity index (χ0n) is 7.87. The minimum absolute atomic E-state index is 0.608. The van der Waals surface area contributed by atoms with Gasteiger partial charge in [-0.3, -0.25) is 0 Å². The van der Waals surface area contributed by atoms with Crippen LogP contribution < -0.4 is 0 Å². The third kappa shape index (κ3) is 2.19. The molecule has 0 saturated carbocycles. The van der Waals surface area contributed by atoms with Crippen LogP contribution >= 0.6 is 0 Å². The molecule has 1 aliphatic rings. The van der Waals surface area contributed by atoms with Crippen LogP contribution in [0.15, 0.2) is 49.1 Å². The minimum atomic E-state index is -0.718. The fourth-order valence-corrected chi connectivity index (χ4v) is 1.60. The number of hydrogen-bond acceptors (Lipinski definition) is 1. The van der Waals surface area contributed by atoms with E-state index in [4.69, 9.17) is 0 Å². The van der Waals surface area contributed by atoms with E-state index in [1.807, 2.05) is 24.3 Å². The lowest BCUT2D eigenvalue weighted by molar-refractivity contribution is 0.0813. The van der Waals surface area contributed by atoms with Gasteiger partial charge in [-0.05, 0) is 24.8 Å². The third-order valence-corrected chi connectivity index (χ3v) is 2.33. The van der Waals surface area contributed by atoms with Gasteiger partial charge in [0.25, 0.3) is 0 Å². The summed E-state index contributed by atoms with van der Waals surface area (Å²) >= 11 is 0. The Balaban J connectivity index is 2.83. The highest BCUT2D eigenvalue weighted by Gasteiger charge is 2.29. The van der Waals surface area contributed by atoms with E-state index in [0.29, 0.717) is 12.8 Å². The fourth-order valence-electron chi connectivity index (χ4n) is 1.60. The maximum Gasteiger partial charge on any atom is 0.0931 e. The van der Waals surface area contributed by atoms with Gasteiger partial charge < -0.3 is 5.11 Å². The molecule has 0 amide bonds. The van der Waals surface area contributed by atoms with Gasteiger partial charge in [0, 0.05) is 0 Å². The molecule has 1 heteroatoms. The molecule has 1 rings (SSSR count). The van der Waals surface area contributed by atoms with E-state index < -0.39 is 5.60 Å². The van der Waals surface area contributed by atoms with E-state index in [0.717, 1.165) is 12.0 Å². The van der Waals surface area contributed by atoms with Gasteiger partial charge in [-0.2, -0.15) is 0 Å². The Morgan fingerprint density at radius 1 is 1.46 bits per heavy atom. The zero-order chi connectivity index (χ0) is 9.73. The van der Waals surface area contributed by atoms with Crippen molar-refractivity contribution in [2.45, 2.75) is 24.9 Å². The van der Waals surface area contributed by atoms with Crippen LogP contribution in [0.3, 0.4) is 0 Å². The molecule has 1 nitrogen and oxygen atoms in total. The first kappa shape index (κ1) is 10.0. The van der Waals surface area contributed by atoms with Crippen molar-refractivity contribution in [3.63, 3.8) is 0 Å². The lowest BCUT2D eigenvalue weighted by Gasteiger charge is -2.30. The minimum Gasteiger partial charge on any atom is -0.385 e. The second-order valence-corrected chi connectivity index (χ2v) is 3.34. The predicted molar refractivity (Wildman–Crippen MR) is 56.4 cm³/mol. The predicted octanol–water partition coefficient (Wildman–Crippen LogP) is 2.76. The summed E-state index contributed by atoms with van der Waals surface area (Å²) in [5.74, 6) is 0. The SMILES string of the molecule is C=CCC1=CC=CCC1(O)CC=C. The van der Waals surface area contributed by atoms with Crippen LogP contribution in [0.1, 0.15) is 19.3 Å². The van der Waals surface area contributed by atoms with E-state index in [1.54, 1.807) is 6.08 Å². The Hall–Kier alpha value is -1.08. The summed E-state index contributed by atoms with van der Waals surface area (Å²) in [6.07, 6.45) is 11.5. The molecule has 0 aromatic heterocycles. The van der Waals surface area contributed by atoms with Crippen molar-refractivity contribution < 1.29 is 5.11 Å². The molecule has 0 saturated heterocycles. The van der Waals surface area contributed by atoms with Crippen molar-refractivity contribution in [3.8, 4) is 0 Å². The third-order valence-electron chi connectivity index (χ3n) is 2.33. The molecule has 13 heavy (non-hydrogen) atoms. The summed E-state index contributed by atoms with van der Waals surface area (Å²) in [6, 6.07) is 0. The van der Waals surface area contributed by atoms with Crippen LogP contribution in [0.5, 0.6) is 0 Å². The van der Waals surface area contributed by atoms with Crippen molar-refractivity contribution in [1.29, 1.82) is 0 Å². The maximum atomic E-state index is 10.2. The Morgan fingerprint density at radius 3 is 2.85 bits per heavy atom. The van der Waals surface area contributed by atoms with Crippen molar-refractivity contribution in [1.82, 2.24) is 0 Å². The summed E-state index contributed by atoms with van der Waals surface area (Å²) in [6.45, 7) is 7.34. The normalized spacial score (nSPS) is 26.7. The Bertz CT molecular complexity index is 256. The molecule has 0 heterocycles.